The number of unbranched alkanes of at least 4 members (excludes halogenated alkanes) is 2. The number of fused-ring (bicyclic) bond motifs is 3. The first kappa shape index (κ1) is 17.3. The van der Waals surface area contributed by atoms with Crippen molar-refractivity contribution in [2.75, 3.05) is 0 Å². The predicted octanol–water partition coefficient (Wildman–Crippen LogP) is 6.49. The van der Waals surface area contributed by atoms with E-state index in [1.807, 2.05) is 6.07 Å². The molecule has 0 saturated heterocycles. The van der Waals surface area contributed by atoms with Crippen LogP contribution in [-0.4, -0.2) is 5.11 Å². The maximum atomic E-state index is 10.7. The van der Waals surface area contributed by atoms with Gasteiger partial charge in [0.2, 0.25) is 0 Å². The van der Waals surface area contributed by atoms with Gasteiger partial charge in [0.15, 0.2) is 0 Å². The van der Waals surface area contributed by atoms with Crippen LogP contribution < -0.4 is 4.74 Å². The normalized spacial score (nSPS) is 14.7. The number of rotatable bonds is 4. The molecule has 0 atom stereocenters. The van der Waals surface area contributed by atoms with Gasteiger partial charge in [-0.3, -0.25) is 0 Å². The summed E-state index contributed by atoms with van der Waals surface area (Å²) in [5.74, 6) is 1.08. The van der Waals surface area contributed by atoms with E-state index in [2.05, 4.69) is 61.8 Å². The van der Waals surface area contributed by atoms with Crippen LogP contribution in [0, 0.1) is 6.92 Å². The summed E-state index contributed by atoms with van der Waals surface area (Å²) in [6.07, 6.45) is 4.44. The maximum absolute atomic E-state index is 10.7. The minimum absolute atomic E-state index is 0.307. The molecule has 0 amide bonds. The lowest BCUT2D eigenvalue weighted by atomic mass is 9.84. The third-order valence-corrected chi connectivity index (χ3v) is 5.64. The number of phenols is 1. The van der Waals surface area contributed by atoms with Crippen molar-refractivity contribution in [1.82, 2.24) is 0 Å². The Morgan fingerprint density at radius 2 is 1.92 bits per heavy atom. The average molecular weight is 389 g/mol. The van der Waals surface area contributed by atoms with Gasteiger partial charge in [-0.1, -0.05) is 43.5 Å². The smallest absolute Gasteiger partial charge is 0.146 e. The molecule has 3 rings (SSSR count). The minimum Gasteiger partial charge on any atom is -0.507 e. The van der Waals surface area contributed by atoms with Gasteiger partial charge in [0.1, 0.15) is 17.1 Å². The number of phenolic OH excluding ortho intramolecular Hbond substituents is 1. The Kier molecular flexibility index (Phi) is 4.65. The molecule has 0 radical (unpaired) electrons. The van der Waals surface area contributed by atoms with Crippen LogP contribution in [0.5, 0.6) is 11.5 Å². The topological polar surface area (TPSA) is 29.5 Å². The van der Waals surface area contributed by atoms with Crippen LogP contribution in [0.15, 0.2) is 28.7 Å². The van der Waals surface area contributed by atoms with Crippen molar-refractivity contribution < 1.29 is 9.84 Å². The van der Waals surface area contributed by atoms with Crippen molar-refractivity contribution in [2.24, 2.45) is 0 Å². The molecule has 3 heteroatoms. The summed E-state index contributed by atoms with van der Waals surface area (Å²) in [4.78, 5) is 0. The zero-order valence-corrected chi connectivity index (χ0v) is 16.5. The number of benzene rings is 2. The molecule has 2 aromatic rings. The lowest BCUT2D eigenvalue weighted by molar-refractivity contribution is 0.104. The van der Waals surface area contributed by atoms with Crippen molar-refractivity contribution in [2.45, 2.75) is 59.0 Å². The van der Waals surface area contributed by atoms with Gasteiger partial charge in [-0.15, -0.1) is 0 Å². The molecule has 1 N–H and O–H groups in total. The molecule has 1 heterocycles. The fraction of sp³-hybridized carbons (Fsp3) is 0.429. The molecule has 128 valence electrons. The molecular formula is C21H25BrO2. The first-order chi connectivity index (χ1) is 11.3. The molecule has 2 nitrogen and oxygen atoms in total. The molecule has 0 unspecified atom stereocenters. The summed E-state index contributed by atoms with van der Waals surface area (Å²) in [6.45, 7) is 8.44. The number of aryl methyl sites for hydroxylation is 2. The van der Waals surface area contributed by atoms with E-state index in [1.165, 1.54) is 18.4 Å². The van der Waals surface area contributed by atoms with Crippen LogP contribution >= 0.6 is 15.9 Å². The van der Waals surface area contributed by atoms with Gasteiger partial charge in [0, 0.05) is 5.56 Å². The highest BCUT2D eigenvalue weighted by atomic mass is 79.9. The van der Waals surface area contributed by atoms with Crippen LogP contribution in [0.1, 0.15) is 56.7 Å². The molecular weight excluding hydrogens is 364 g/mol. The first-order valence-corrected chi connectivity index (χ1v) is 9.49. The number of ether oxygens (including phenoxy) is 1. The third-order valence-electron chi connectivity index (χ3n) is 4.78. The van der Waals surface area contributed by atoms with Gasteiger partial charge in [-0.2, -0.15) is 0 Å². The maximum Gasteiger partial charge on any atom is 0.146 e. The molecule has 2 aromatic carbocycles. The van der Waals surface area contributed by atoms with E-state index in [9.17, 15) is 5.11 Å². The highest BCUT2D eigenvalue weighted by Crippen LogP contribution is 2.53. The summed E-state index contributed by atoms with van der Waals surface area (Å²) in [7, 11) is 0. The Hall–Kier alpha value is -1.48. The largest absolute Gasteiger partial charge is 0.507 e. The molecule has 0 saturated carbocycles. The van der Waals surface area contributed by atoms with Crippen molar-refractivity contribution in [1.29, 1.82) is 0 Å². The van der Waals surface area contributed by atoms with E-state index < -0.39 is 5.60 Å². The van der Waals surface area contributed by atoms with E-state index in [-0.39, 0.29) is 0 Å². The molecule has 1 aliphatic rings. The third kappa shape index (κ3) is 2.95. The summed E-state index contributed by atoms with van der Waals surface area (Å²) >= 11 is 3.74. The molecule has 0 fully saturated rings. The van der Waals surface area contributed by atoms with Crippen LogP contribution in [0.25, 0.3) is 11.1 Å². The fourth-order valence-corrected chi connectivity index (χ4v) is 4.07. The van der Waals surface area contributed by atoms with Crippen molar-refractivity contribution in [3.8, 4) is 22.6 Å². The van der Waals surface area contributed by atoms with Crippen molar-refractivity contribution in [3.05, 3.63) is 45.4 Å². The summed E-state index contributed by atoms with van der Waals surface area (Å²) in [5.41, 5.74) is 4.86. The Morgan fingerprint density at radius 3 is 2.62 bits per heavy atom. The summed E-state index contributed by atoms with van der Waals surface area (Å²) < 4.78 is 7.32. The van der Waals surface area contributed by atoms with Crippen LogP contribution in [0.2, 0.25) is 0 Å². The Balaban J connectivity index is 2.17. The number of hydrogen-bond acceptors (Lipinski definition) is 2. The lowest BCUT2D eigenvalue weighted by Crippen LogP contribution is -2.29. The average Bonchev–Trinajstić information content (AvgIpc) is 2.51. The van der Waals surface area contributed by atoms with Gasteiger partial charge in [-0.05, 0) is 66.7 Å². The Morgan fingerprint density at radius 1 is 1.17 bits per heavy atom. The molecule has 24 heavy (non-hydrogen) atoms. The van der Waals surface area contributed by atoms with E-state index in [0.29, 0.717) is 5.75 Å². The predicted molar refractivity (Wildman–Crippen MR) is 103 cm³/mol. The van der Waals surface area contributed by atoms with E-state index >= 15 is 0 Å². The molecule has 0 spiro atoms. The highest BCUT2D eigenvalue weighted by molar-refractivity contribution is 9.10. The van der Waals surface area contributed by atoms with Crippen LogP contribution in [0.4, 0.5) is 0 Å². The summed E-state index contributed by atoms with van der Waals surface area (Å²) in [5, 5.41) is 10.7. The SMILES string of the molecule is CCCCCc1cc(O)c2c(c1Br)OC(C)(C)c1ccc(C)cc1-2. The monoisotopic (exact) mass is 388 g/mol. The van der Waals surface area contributed by atoms with Crippen molar-refractivity contribution in [3.63, 3.8) is 0 Å². The van der Waals surface area contributed by atoms with E-state index in [0.717, 1.165) is 45.3 Å². The van der Waals surface area contributed by atoms with Gasteiger partial charge < -0.3 is 9.84 Å². The fourth-order valence-electron chi connectivity index (χ4n) is 3.48. The van der Waals surface area contributed by atoms with E-state index in [4.69, 9.17) is 4.74 Å². The minimum atomic E-state index is -0.424. The molecule has 0 bridgehead atoms. The number of halogens is 1. The highest BCUT2D eigenvalue weighted by Gasteiger charge is 2.36. The van der Waals surface area contributed by atoms with Gasteiger partial charge in [0.05, 0.1) is 10.0 Å². The van der Waals surface area contributed by atoms with Crippen molar-refractivity contribution >= 4 is 15.9 Å². The second kappa shape index (κ2) is 6.44. The van der Waals surface area contributed by atoms with Gasteiger partial charge in [-0.25, -0.2) is 0 Å². The number of hydrogen-bond donors (Lipinski definition) is 1. The van der Waals surface area contributed by atoms with Crippen LogP contribution in [-0.2, 0) is 12.0 Å². The summed E-state index contributed by atoms with van der Waals surface area (Å²) in [6, 6.07) is 8.24. The second-order valence-corrected chi connectivity index (χ2v) is 7.98. The van der Waals surface area contributed by atoms with Gasteiger partial charge in [0.25, 0.3) is 0 Å². The Labute approximate surface area is 153 Å². The molecule has 1 aliphatic heterocycles. The zero-order chi connectivity index (χ0) is 17.5. The number of aromatic hydroxyl groups is 1. The lowest BCUT2D eigenvalue weighted by Gasteiger charge is -2.36. The Bertz CT molecular complexity index is 778. The molecule has 0 aromatic heterocycles. The standard InChI is InChI=1S/C21H25BrO2/c1-5-6-7-8-14-12-17(23)18-15-11-13(2)9-10-16(15)21(3,4)24-20(18)19(14)22/h9-12,23H,5-8H2,1-4H3. The van der Waals surface area contributed by atoms with Crippen LogP contribution in [0.3, 0.4) is 0 Å². The first-order valence-electron chi connectivity index (χ1n) is 8.70. The second-order valence-electron chi connectivity index (χ2n) is 7.19. The molecule has 0 aliphatic carbocycles. The quantitative estimate of drug-likeness (QED) is 0.606. The zero-order valence-electron chi connectivity index (χ0n) is 14.9. The van der Waals surface area contributed by atoms with Gasteiger partial charge >= 0.3 is 0 Å². The van der Waals surface area contributed by atoms with E-state index in [1.54, 1.807) is 0 Å².